The Labute approximate surface area is 135 Å². The van der Waals surface area contributed by atoms with Crippen LogP contribution in [0.5, 0.6) is 0 Å². The maximum Gasteiger partial charge on any atom is 0.147 e. The minimum atomic E-state index is -0.441. The van der Waals surface area contributed by atoms with Crippen LogP contribution in [0.1, 0.15) is 11.6 Å². The van der Waals surface area contributed by atoms with E-state index >= 15 is 0 Å². The number of nitrogens with zero attached hydrogens (tertiary/aromatic N) is 6. The number of aromatic nitrogens is 5. The summed E-state index contributed by atoms with van der Waals surface area (Å²) in [5.41, 5.74) is 0. The van der Waals surface area contributed by atoms with E-state index in [1.165, 1.54) is 0 Å². The molecule has 0 unspecified atom stereocenters. The number of hydrogen-bond acceptors (Lipinski definition) is 6. The average molecular weight is 320 g/mol. The summed E-state index contributed by atoms with van der Waals surface area (Å²) < 4.78 is 9.48. The van der Waals surface area contributed by atoms with Crippen molar-refractivity contribution in [3.8, 4) is 0 Å². The third-order valence-corrected chi connectivity index (χ3v) is 3.99. The van der Waals surface area contributed by atoms with E-state index in [1.54, 1.807) is 10.9 Å². The van der Waals surface area contributed by atoms with Gasteiger partial charge in [0.05, 0.1) is 31.9 Å². The summed E-state index contributed by atoms with van der Waals surface area (Å²) >= 11 is 0. The molecular formula is C15H24N6O2. The van der Waals surface area contributed by atoms with Crippen LogP contribution < -0.4 is 0 Å². The number of hydrogen-bond donors (Lipinski definition) is 1. The van der Waals surface area contributed by atoms with Gasteiger partial charge in [-0.3, -0.25) is 9.58 Å². The van der Waals surface area contributed by atoms with Gasteiger partial charge in [-0.25, -0.2) is 9.67 Å². The Kier molecular flexibility index (Phi) is 5.04. The molecule has 0 aliphatic carbocycles. The molecule has 23 heavy (non-hydrogen) atoms. The lowest BCUT2D eigenvalue weighted by molar-refractivity contribution is -0.0500. The van der Waals surface area contributed by atoms with Gasteiger partial charge in [-0.2, -0.15) is 10.2 Å². The van der Waals surface area contributed by atoms with Crippen molar-refractivity contribution in [1.82, 2.24) is 29.4 Å². The van der Waals surface area contributed by atoms with Crippen LogP contribution in [-0.2, 0) is 17.8 Å². The highest BCUT2D eigenvalue weighted by Gasteiger charge is 2.23. The lowest BCUT2D eigenvalue weighted by atomic mass is 10.2. The van der Waals surface area contributed by atoms with E-state index in [9.17, 15) is 5.11 Å². The van der Waals surface area contributed by atoms with E-state index in [4.69, 9.17) is 4.74 Å². The largest absolute Gasteiger partial charge is 0.390 e. The van der Waals surface area contributed by atoms with Crippen molar-refractivity contribution in [2.45, 2.75) is 39.1 Å². The van der Waals surface area contributed by atoms with Crippen molar-refractivity contribution >= 4 is 0 Å². The fraction of sp³-hybridized carbons (Fsp3) is 0.667. The van der Waals surface area contributed by atoms with Crippen LogP contribution >= 0.6 is 0 Å². The normalized spacial score (nSPS) is 20.7. The van der Waals surface area contributed by atoms with Crippen molar-refractivity contribution in [1.29, 1.82) is 0 Å². The molecule has 2 atom stereocenters. The number of aliphatic hydroxyl groups excluding tert-OH is 1. The average Bonchev–Trinajstić information content (AvgIpc) is 3.09. The highest BCUT2D eigenvalue weighted by molar-refractivity contribution is 4.89. The molecule has 8 nitrogen and oxygen atoms in total. The number of aryl methyl sites for hydroxylation is 2. The molecule has 1 N–H and O–H groups in total. The summed E-state index contributed by atoms with van der Waals surface area (Å²) in [5, 5.41) is 18.7. The quantitative estimate of drug-likeness (QED) is 0.797. The molecule has 1 aliphatic rings. The molecule has 1 fully saturated rings. The first-order valence-corrected chi connectivity index (χ1v) is 7.97. The second-order valence-corrected chi connectivity index (χ2v) is 6.02. The van der Waals surface area contributed by atoms with Gasteiger partial charge in [0, 0.05) is 32.0 Å². The zero-order valence-corrected chi connectivity index (χ0v) is 13.7. The van der Waals surface area contributed by atoms with Gasteiger partial charge in [0.15, 0.2) is 0 Å². The molecule has 0 aromatic carbocycles. The predicted octanol–water partition coefficient (Wildman–Crippen LogP) is -0.147. The van der Waals surface area contributed by atoms with Crippen LogP contribution in [0.15, 0.2) is 18.5 Å². The van der Waals surface area contributed by atoms with Crippen molar-refractivity contribution < 1.29 is 9.84 Å². The first kappa shape index (κ1) is 16.1. The molecule has 0 bridgehead atoms. The Morgan fingerprint density at radius 3 is 2.96 bits per heavy atom. The van der Waals surface area contributed by atoms with Crippen LogP contribution in [0.3, 0.4) is 0 Å². The van der Waals surface area contributed by atoms with Crippen LogP contribution in [0.25, 0.3) is 0 Å². The van der Waals surface area contributed by atoms with E-state index in [-0.39, 0.29) is 6.10 Å². The third kappa shape index (κ3) is 4.37. The van der Waals surface area contributed by atoms with Gasteiger partial charge in [0.2, 0.25) is 0 Å². The Hall–Kier alpha value is -1.77. The summed E-state index contributed by atoms with van der Waals surface area (Å²) in [6.45, 7) is 7.96. The minimum absolute atomic E-state index is 0.0699. The molecule has 2 aromatic heterocycles. The van der Waals surface area contributed by atoms with Crippen LogP contribution in [-0.4, -0.2) is 73.0 Å². The number of aliphatic hydroxyl groups is 1. The van der Waals surface area contributed by atoms with Gasteiger partial charge in [-0.05, 0) is 19.9 Å². The first-order chi connectivity index (χ1) is 11.1. The molecule has 8 heteroatoms. The number of β-amino-alcohol motifs (C(OH)–C–C–N with tert-alkyl or cyclic N) is 1. The highest BCUT2D eigenvalue weighted by atomic mass is 16.5. The Morgan fingerprint density at radius 2 is 2.26 bits per heavy atom. The van der Waals surface area contributed by atoms with E-state index in [0.717, 1.165) is 24.7 Å². The number of morpholine rings is 1. The van der Waals surface area contributed by atoms with Crippen LogP contribution in [0.2, 0.25) is 0 Å². The predicted molar refractivity (Wildman–Crippen MR) is 83.9 cm³/mol. The molecule has 126 valence electrons. The molecule has 0 spiro atoms. The topological polar surface area (TPSA) is 81.2 Å². The molecule has 1 saturated heterocycles. The van der Waals surface area contributed by atoms with Gasteiger partial charge in [-0.1, -0.05) is 0 Å². The molecule has 0 radical (unpaired) electrons. The summed E-state index contributed by atoms with van der Waals surface area (Å²) in [5.74, 6) is 1.69. The van der Waals surface area contributed by atoms with Crippen LogP contribution in [0, 0.1) is 13.8 Å². The molecular weight excluding hydrogens is 296 g/mol. The molecule has 1 aliphatic heterocycles. The fourth-order valence-electron chi connectivity index (χ4n) is 2.96. The van der Waals surface area contributed by atoms with Crippen molar-refractivity contribution in [2.75, 3.05) is 26.2 Å². The zero-order valence-electron chi connectivity index (χ0n) is 13.7. The van der Waals surface area contributed by atoms with Crippen molar-refractivity contribution in [3.05, 3.63) is 30.1 Å². The lowest BCUT2D eigenvalue weighted by Gasteiger charge is -2.34. The van der Waals surface area contributed by atoms with Gasteiger partial charge in [0.1, 0.15) is 11.6 Å². The smallest absolute Gasteiger partial charge is 0.147 e. The minimum Gasteiger partial charge on any atom is -0.390 e. The Morgan fingerprint density at radius 1 is 1.39 bits per heavy atom. The first-order valence-electron chi connectivity index (χ1n) is 7.97. The standard InChI is InChI=1S/C15H24N6O2/c1-12-17-13(2)21(18-12)11-15-10-19(6-7-23-15)8-14(22)9-20-5-3-4-16-20/h3-5,14-15,22H,6-11H2,1-2H3/t14-,15-/m0/s1. The maximum absolute atomic E-state index is 10.2. The molecule has 2 aromatic rings. The van der Waals surface area contributed by atoms with Gasteiger partial charge in [0.25, 0.3) is 0 Å². The summed E-state index contributed by atoms with van der Waals surface area (Å²) in [7, 11) is 0. The Balaban J connectivity index is 1.50. The lowest BCUT2D eigenvalue weighted by Crippen LogP contribution is -2.47. The monoisotopic (exact) mass is 320 g/mol. The van der Waals surface area contributed by atoms with Gasteiger partial charge >= 0.3 is 0 Å². The second kappa shape index (κ2) is 7.20. The zero-order chi connectivity index (χ0) is 16.2. The third-order valence-electron chi connectivity index (χ3n) is 3.99. The van der Waals surface area contributed by atoms with E-state index in [0.29, 0.717) is 26.2 Å². The molecule has 0 amide bonds. The van der Waals surface area contributed by atoms with Crippen molar-refractivity contribution in [3.63, 3.8) is 0 Å². The van der Waals surface area contributed by atoms with E-state index in [1.807, 2.05) is 30.8 Å². The molecule has 0 saturated carbocycles. The van der Waals surface area contributed by atoms with E-state index in [2.05, 4.69) is 20.1 Å². The van der Waals surface area contributed by atoms with Crippen molar-refractivity contribution in [2.24, 2.45) is 0 Å². The summed E-state index contributed by atoms with van der Waals surface area (Å²) in [6, 6.07) is 1.86. The highest BCUT2D eigenvalue weighted by Crippen LogP contribution is 2.10. The summed E-state index contributed by atoms with van der Waals surface area (Å²) in [4.78, 5) is 6.56. The van der Waals surface area contributed by atoms with E-state index < -0.39 is 6.10 Å². The second-order valence-electron chi connectivity index (χ2n) is 6.02. The SMILES string of the molecule is Cc1nc(C)n(C[C@@H]2CN(C[C@H](O)Cn3cccn3)CCO2)n1. The summed E-state index contributed by atoms with van der Waals surface area (Å²) in [6.07, 6.45) is 3.21. The Bertz CT molecular complexity index is 612. The number of ether oxygens (including phenoxy) is 1. The molecule has 3 rings (SSSR count). The molecule has 3 heterocycles. The van der Waals surface area contributed by atoms with Gasteiger partial charge < -0.3 is 9.84 Å². The van der Waals surface area contributed by atoms with Crippen LogP contribution in [0.4, 0.5) is 0 Å². The number of rotatable bonds is 6. The van der Waals surface area contributed by atoms with Gasteiger partial charge in [-0.15, -0.1) is 0 Å². The maximum atomic E-state index is 10.2. The fourth-order valence-corrected chi connectivity index (χ4v) is 2.96.